The van der Waals surface area contributed by atoms with Gasteiger partial charge in [-0.15, -0.1) is 0 Å². The van der Waals surface area contributed by atoms with Gasteiger partial charge in [-0.2, -0.15) is 13.2 Å². The van der Waals surface area contributed by atoms with Gasteiger partial charge in [0.05, 0.1) is 12.1 Å². The predicted octanol–water partition coefficient (Wildman–Crippen LogP) is 3.15. The second kappa shape index (κ2) is 5.82. The van der Waals surface area contributed by atoms with E-state index in [0.29, 0.717) is 6.54 Å². The number of rotatable bonds is 3. The summed E-state index contributed by atoms with van der Waals surface area (Å²) < 4.78 is 43.1. The SMILES string of the molecule is FC(F)(F)c1ccc(O[C@@H]2CCN(c3ccncc3)C2)nc1. The van der Waals surface area contributed by atoms with Crippen LogP contribution >= 0.6 is 0 Å². The molecule has 0 spiro atoms. The Bertz CT molecular complexity index is 616. The van der Waals surface area contributed by atoms with Gasteiger partial charge in [0.15, 0.2) is 0 Å². The van der Waals surface area contributed by atoms with Gasteiger partial charge in [-0.3, -0.25) is 4.98 Å². The van der Waals surface area contributed by atoms with E-state index in [-0.39, 0.29) is 12.0 Å². The lowest BCUT2D eigenvalue weighted by atomic mass is 10.3. The maximum Gasteiger partial charge on any atom is 0.417 e. The van der Waals surface area contributed by atoms with Gasteiger partial charge in [0, 0.05) is 43.3 Å². The number of hydrogen-bond acceptors (Lipinski definition) is 4. The molecule has 7 heteroatoms. The molecule has 1 saturated heterocycles. The van der Waals surface area contributed by atoms with Crippen LogP contribution < -0.4 is 9.64 Å². The first-order chi connectivity index (χ1) is 10.5. The lowest BCUT2D eigenvalue weighted by Gasteiger charge is -2.18. The summed E-state index contributed by atoms with van der Waals surface area (Å²) in [5.74, 6) is 0.217. The van der Waals surface area contributed by atoms with Crippen LogP contribution in [0.1, 0.15) is 12.0 Å². The number of halogens is 3. The van der Waals surface area contributed by atoms with E-state index in [2.05, 4.69) is 14.9 Å². The molecule has 2 aromatic heterocycles. The van der Waals surface area contributed by atoms with Gasteiger partial charge in [-0.1, -0.05) is 0 Å². The Morgan fingerprint density at radius 3 is 2.55 bits per heavy atom. The maximum absolute atomic E-state index is 12.5. The number of alkyl halides is 3. The van der Waals surface area contributed by atoms with Crippen molar-refractivity contribution in [3.8, 4) is 5.88 Å². The number of aromatic nitrogens is 2. The first kappa shape index (κ1) is 14.6. The minimum Gasteiger partial charge on any atom is -0.472 e. The van der Waals surface area contributed by atoms with Crippen molar-refractivity contribution in [3.05, 3.63) is 48.4 Å². The number of anilines is 1. The zero-order valence-corrected chi connectivity index (χ0v) is 11.6. The smallest absolute Gasteiger partial charge is 0.417 e. The topological polar surface area (TPSA) is 38.2 Å². The molecular formula is C15H14F3N3O. The van der Waals surface area contributed by atoms with E-state index >= 15 is 0 Å². The minimum atomic E-state index is -4.38. The Kier molecular flexibility index (Phi) is 3.87. The third-order valence-corrected chi connectivity index (χ3v) is 3.52. The highest BCUT2D eigenvalue weighted by Crippen LogP contribution is 2.29. The van der Waals surface area contributed by atoms with Crippen molar-refractivity contribution in [3.63, 3.8) is 0 Å². The molecule has 116 valence electrons. The average molecular weight is 309 g/mol. The third kappa shape index (κ3) is 3.29. The van der Waals surface area contributed by atoms with Crippen LogP contribution in [0, 0.1) is 0 Å². The van der Waals surface area contributed by atoms with E-state index in [1.165, 1.54) is 6.07 Å². The molecule has 4 nitrogen and oxygen atoms in total. The lowest BCUT2D eigenvalue weighted by Crippen LogP contribution is -2.24. The Balaban J connectivity index is 1.61. The highest BCUT2D eigenvalue weighted by atomic mass is 19.4. The molecule has 1 fully saturated rings. The van der Waals surface area contributed by atoms with Gasteiger partial charge < -0.3 is 9.64 Å². The second-order valence-corrected chi connectivity index (χ2v) is 5.06. The Labute approximate surface area is 125 Å². The molecule has 3 heterocycles. The van der Waals surface area contributed by atoms with Crippen LogP contribution in [0.25, 0.3) is 0 Å². The van der Waals surface area contributed by atoms with Crippen LogP contribution in [0.4, 0.5) is 18.9 Å². The molecule has 0 N–H and O–H groups in total. The van der Waals surface area contributed by atoms with E-state index in [1.807, 2.05) is 12.1 Å². The monoisotopic (exact) mass is 309 g/mol. The minimum absolute atomic E-state index is 0.0857. The van der Waals surface area contributed by atoms with E-state index in [9.17, 15) is 13.2 Å². The van der Waals surface area contributed by atoms with Gasteiger partial charge in [-0.05, 0) is 18.2 Å². The van der Waals surface area contributed by atoms with Crippen LogP contribution in [0.15, 0.2) is 42.9 Å². The number of nitrogens with zero attached hydrogens (tertiary/aromatic N) is 3. The molecule has 0 unspecified atom stereocenters. The third-order valence-electron chi connectivity index (χ3n) is 3.52. The lowest BCUT2D eigenvalue weighted by molar-refractivity contribution is -0.137. The van der Waals surface area contributed by atoms with Crippen molar-refractivity contribution in [2.24, 2.45) is 0 Å². The molecule has 0 aliphatic carbocycles. The second-order valence-electron chi connectivity index (χ2n) is 5.06. The summed E-state index contributed by atoms with van der Waals surface area (Å²) in [4.78, 5) is 9.86. The summed E-state index contributed by atoms with van der Waals surface area (Å²) in [6.07, 6.45) is 0.576. The molecule has 0 amide bonds. The van der Waals surface area contributed by atoms with Crippen molar-refractivity contribution >= 4 is 5.69 Å². The molecule has 1 aliphatic heterocycles. The largest absolute Gasteiger partial charge is 0.472 e. The van der Waals surface area contributed by atoms with Crippen molar-refractivity contribution in [2.45, 2.75) is 18.7 Å². The zero-order chi connectivity index (χ0) is 15.6. The van der Waals surface area contributed by atoms with Crippen molar-refractivity contribution in [1.29, 1.82) is 0 Å². The molecule has 0 aromatic carbocycles. The van der Waals surface area contributed by atoms with E-state index in [1.54, 1.807) is 12.4 Å². The molecule has 0 bridgehead atoms. The van der Waals surface area contributed by atoms with Crippen LogP contribution in [-0.4, -0.2) is 29.2 Å². The summed E-state index contributed by atoms with van der Waals surface area (Å²) in [6.45, 7) is 1.50. The van der Waals surface area contributed by atoms with Crippen LogP contribution in [0.5, 0.6) is 5.88 Å². The standard InChI is InChI=1S/C15H14F3N3O/c16-15(17,18)11-1-2-14(20-9-11)22-13-5-8-21(10-13)12-3-6-19-7-4-12/h1-4,6-7,9,13H,5,8,10H2/t13-/m1/s1. The summed E-state index contributed by atoms with van der Waals surface area (Å²) in [5.41, 5.74) is 0.283. The maximum atomic E-state index is 12.5. The normalized spacial score (nSPS) is 18.5. The first-order valence-corrected chi connectivity index (χ1v) is 6.87. The van der Waals surface area contributed by atoms with Gasteiger partial charge in [-0.25, -0.2) is 4.98 Å². The summed E-state index contributed by atoms with van der Waals surface area (Å²) in [7, 11) is 0. The zero-order valence-electron chi connectivity index (χ0n) is 11.6. The molecule has 2 aromatic rings. The highest BCUT2D eigenvalue weighted by molar-refractivity contribution is 5.45. The van der Waals surface area contributed by atoms with Gasteiger partial charge >= 0.3 is 6.18 Å². The van der Waals surface area contributed by atoms with Crippen LogP contribution in [0.3, 0.4) is 0 Å². The number of hydrogen-bond donors (Lipinski definition) is 0. The molecule has 0 radical (unpaired) electrons. The highest BCUT2D eigenvalue weighted by Gasteiger charge is 2.31. The van der Waals surface area contributed by atoms with Crippen LogP contribution in [0.2, 0.25) is 0 Å². The molecular weight excluding hydrogens is 295 g/mol. The summed E-state index contributed by atoms with van der Waals surface area (Å²) in [5, 5.41) is 0. The van der Waals surface area contributed by atoms with E-state index < -0.39 is 11.7 Å². The Morgan fingerprint density at radius 2 is 1.91 bits per heavy atom. The number of ether oxygens (including phenoxy) is 1. The fraction of sp³-hybridized carbons (Fsp3) is 0.333. The molecule has 1 atom stereocenters. The predicted molar refractivity (Wildman–Crippen MR) is 74.7 cm³/mol. The van der Waals surface area contributed by atoms with Gasteiger partial charge in [0.2, 0.25) is 5.88 Å². The molecule has 1 aliphatic rings. The van der Waals surface area contributed by atoms with Gasteiger partial charge in [0.1, 0.15) is 6.10 Å². The quantitative estimate of drug-likeness (QED) is 0.873. The Hall–Kier alpha value is -2.31. The average Bonchev–Trinajstić information content (AvgIpc) is 2.96. The van der Waals surface area contributed by atoms with Crippen LogP contribution in [-0.2, 0) is 6.18 Å². The molecule has 0 saturated carbocycles. The van der Waals surface area contributed by atoms with Crippen molar-refractivity contribution in [1.82, 2.24) is 9.97 Å². The fourth-order valence-electron chi connectivity index (χ4n) is 2.40. The van der Waals surface area contributed by atoms with E-state index in [4.69, 9.17) is 4.74 Å². The van der Waals surface area contributed by atoms with E-state index in [0.717, 1.165) is 30.9 Å². The van der Waals surface area contributed by atoms with Gasteiger partial charge in [0.25, 0.3) is 0 Å². The fourth-order valence-corrected chi connectivity index (χ4v) is 2.40. The Morgan fingerprint density at radius 1 is 1.14 bits per heavy atom. The van der Waals surface area contributed by atoms with Crippen molar-refractivity contribution in [2.75, 3.05) is 18.0 Å². The summed E-state index contributed by atoms with van der Waals surface area (Å²) in [6, 6.07) is 6.08. The first-order valence-electron chi connectivity index (χ1n) is 6.87. The summed E-state index contributed by atoms with van der Waals surface area (Å²) >= 11 is 0. The molecule has 3 rings (SSSR count). The number of pyridine rings is 2. The molecule has 22 heavy (non-hydrogen) atoms. The van der Waals surface area contributed by atoms with Crippen molar-refractivity contribution < 1.29 is 17.9 Å².